The van der Waals surface area contributed by atoms with Gasteiger partial charge in [0.25, 0.3) is 0 Å². The highest BCUT2D eigenvalue weighted by atomic mass is 16.3. The van der Waals surface area contributed by atoms with Gasteiger partial charge < -0.3 is 4.42 Å². The van der Waals surface area contributed by atoms with Crippen LogP contribution in [0.15, 0.2) is 71.3 Å². The quantitative estimate of drug-likeness (QED) is 0.267. The van der Waals surface area contributed by atoms with E-state index in [-0.39, 0.29) is 0 Å². The highest BCUT2D eigenvalue weighted by molar-refractivity contribution is 6.13. The van der Waals surface area contributed by atoms with Crippen LogP contribution in [0.2, 0.25) is 0 Å². The van der Waals surface area contributed by atoms with E-state index in [0.29, 0.717) is 5.92 Å². The zero-order chi connectivity index (χ0) is 22.7. The fraction of sp³-hybridized carbons (Fsp3) is 0.258. The number of furan rings is 1. The zero-order valence-corrected chi connectivity index (χ0v) is 19.9. The first-order valence-electron chi connectivity index (χ1n) is 12.1. The monoisotopic (exact) mass is 432 g/mol. The molecule has 0 amide bonds. The first kappa shape index (κ1) is 20.2. The van der Waals surface area contributed by atoms with Gasteiger partial charge in [-0.05, 0) is 66.0 Å². The molecule has 0 saturated carbocycles. The molecule has 0 radical (unpaired) electrons. The van der Waals surface area contributed by atoms with Crippen LogP contribution >= 0.6 is 0 Å². The van der Waals surface area contributed by atoms with Gasteiger partial charge in [-0.1, -0.05) is 56.3 Å². The van der Waals surface area contributed by atoms with Crippen LogP contribution in [0.3, 0.4) is 0 Å². The van der Waals surface area contributed by atoms with Gasteiger partial charge in [0.05, 0.1) is 5.56 Å². The Morgan fingerprint density at radius 2 is 1.73 bits per heavy atom. The van der Waals surface area contributed by atoms with E-state index in [2.05, 4.69) is 99.2 Å². The standard InChI is InChI=1S/C31H30NO/c1-19(2)27-18-22(17-21-9-7-10-23(21)27)24-11-8-12-25-26-15-14-20(3)29(31(26)33-30(24)25)28-13-5-6-16-32(28)4/h5-6,8,11-19H,7,9-10H2,1-4H3/q+1. The number of aryl methyl sites for hydroxylation is 3. The number of benzene rings is 3. The summed E-state index contributed by atoms with van der Waals surface area (Å²) < 4.78 is 8.94. The van der Waals surface area contributed by atoms with Gasteiger partial charge in [0.2, 0.25) is 5.69 Å². The molecule has 0 aliphatic heterocycles. The number of pyridine rings is 1. The maximum Gasteiger partial charge on any atom is 0.216 e. The number of aromatic nitrogens is 1. The van der Waals surface area contributed by atoms with Crippen molar-refractivity contribution in [1.82, 2.24) is 0 Å². The summed E-state index contributed by atoms with van der Waals surface area (Å²) in [7, 11) is 2.10. The molecule has 0 saturated heterocycles. The molecule has 33 heavy (non-hydrogen) atoms. The molecule has 6 rings (SSSR count). The predicted molar refractivity (Wildman–Crippen MR) is 137 cm³/mol. The lowest BCUT2D eigenvalue weighted by atomic mass is 9.90. The first-order valence-corrected chi connectivity index (χ1v) is 12.1. The van der Waals surface area contributed by atoms with Crippen molar-refractivity contribution in [3.05, 3.63) is 89.1 Å². The van der Waals surface area contributed by atoms with Crippen molar-refractivity contribution in [2.75, 3.05) is 0 Å². The average Bonchev–Trinajstić information content (AvgIpc) is 3.43. The Labute approximate surface area is 195 Å². The van der Waals surface area contributed by atoms with Crippen molar-refractivity contribution < 1.29 is 8.98 Å². The van der Waals surface area contributed by atoms with Crippen LogP contribution in [0.5, 0.6) is 0 Å². The highest BCUT2D eigenvalue weighted by Gasteiger charge is 2.23. The first-order chi connectivity index (χ1) is 16.0. The van der Waals surface area contributed by atoms with E-state index >= 15 is 0 Å². The SMILES string of the molecule is Cc1ccc2c(oc3c(-c4cc5c(c(C(C)C)c4)CCC5)cccc32)c1-c1cccc[n+]1C. The minimum absolute atomic E-state index is 0.527. The summed E-state index contributed by atoms with van der Waals surface area (Å²) in [6.45, 7) is 6.80. The van der Waals surface area contributed by atoms with Gasteiger partial charge >= 0.3 is 0 Å². The van der Waals surface area contributed by atoms with E-state index < -0.39 is 0 Å². The molecule has 2 aromatic heterocycles. The van der Waals surface area contributed by atoms with Crippen LogP contribution in [-0.4, -0.2) is 0 Å². The average molecular weight is 433 g/mol. The Kier molecular flexibility index (Phi) is 4.65. The molecule has 0 N–H and O–H groups in total. The summed E-state index contributed by atoms with van der Waals surface area (Å²) in [6.07, 6.45) is 5.77. The molecular weight excluding hydrogens is 402 g/mol. The number of nitrogens with zero attached hydrogens (tertiary/aromatic N) is 1. The van der Waals surface area contributed by atoms with Crippen molar-refractivity contribution in [2.45, 2.75) is 46.0 Å². The van der Waals surface area contributed by atoms with Gasteiger partial charge in [0, 0.05) is 28.5 Å². The van der Waals surface area contributed by atoms with Crippen molar-refractivity contribution in [3.63, 3.8) is 0 Å². The number of rotatable bonds is 3. The second-order valence-corrected chi connectivity index (χ2v) is 9.83. The van der Waals surface area contributed by atoms with Crippen molar-refractivity contribution in [1.29, 1.82) is 0 Å². The van der Waals surface area contributed by atoms with Gasteiger partial charge in [0.1, 0.15) is 18.2 Å². The van der Waals surface area contributed by atoms with E-state index in [4.69, 9.17) is 4.42 Å². The Morgan fingerprint density at radius 1 is 0.879 bits per heavy atom. The molecule has 3 aromatic carbocycles. The van der Waals surface area contributed by atoms with Crippen LogP contribution < -0.4 is 4.57 Å². The maximum absolute atomic E-state index is 6.77. The smallest absolute Gasteiger partial charge is 0.216 e. The maximum atomic E-state index is 6.77. The number of hydrogen-bond acceptors (Lipinski definition) is 1. The molecule has 1 aliphatic carbocycles. The normalized spacial score (nSPS) is 13.4. The summed E-state index contributed by atoms with van der Waals surface area (Å²) >= 11 is 0. The molecule has 1 aliphatic rings. The summed E-state index contributed by atoms with van der Waals surface area (Å²) in [5, 5.41) is 2.37. The molecule has 0 unspecified atom stereocenters. The number of fused-ring (bicyclic) bond motifs is 4. The molecule has 5 aromatic rings. The molecular formula is C31H30NO+. The predicted octanol–water partition coefficient (Wildman–Crippen LogP) is 7.67. The van der Waals surface area contributed by atoms with Crippen LogP contribution in [0, 0.1) is 6.92 Å². The van der Waals surface area contributed by atoms with Crippen molar-refractivity contribution >= 4 is 21.9 Å². The Hall–Kier alpha value is -3.39. The van der Waals surface area contributed by atoms with E-state index in [1.54, 1.807) is 5.56 Å². The largest absolute Gasteiger partial charge is 0.454 e. The molecule has 2 nitrogen and oxygen atoms in total. The van der Waals surface area contributed by atoms with Crippen LogP contribution in [0.4, 0.5) is 0 Å². The van der Waals surface area contributed by atoms with Gasteiger partial charge in [-0.2, -0.15) is 0 Å². The number of para-hydroxylation sites is 1. The summed E-state index contributed by atoms with van der Waals surface area (Å²) in [5.74, 6) is 0.527. The van der Waals surface area contributed by atoms with E-state index in [1.807, 2.05) is 0 Å². The second-order valence-electron chi connectivity index (χ2n) is 9.83. The Bertz CT molecular complexity index is 1540. The lowest BCUT2D eigenvalue weighted by molar-refractivity contribution is -0.660. The molecule has 0 spiro atoms. The van der Waals surface area contributed by atoms with Crippen molar-refractivity contribution in [2.24, 2.45) is 7.05 Å². The Balaban J connectivity index is 1.65. The summed E-state index contributed by atoms with van der Waals surface area (Å²) in [5.41, 5.74) is 12.6. The highest BCUT2D eigenvalue weighted by Crippen LogP contribution is 2.42. The minimum Gasteiger partial charge on any atom is -0.454 e. The molecule has 2 heteroatoms. The second kappa shape index (κ2) is 7.59. The Morgan fingerprint density at radius 3 is 2.55 bits per heavy atom. The van der Waals surface area contributed by atoms with E-state index in [9.17, 15) is 0 Å². The lowest BCUT2D eigenvalue weighted by Crippen LogP contribution is -2.30. The fourth-order valence-electron chi connectivity index (χ4n) is 5.70. The minimum atomic E-state index is 0.527. The molecule has 164 valence electrons. The summed E-state index contributed by atoms with van der Waals surface area (Å²) in [4.78, 5) is 0. The topological polar surface area (TPSA) is 17.0 Å². The van der Waals surface area contributed by atoms with Crippen molar-refractivity contribution in [3.8, 4) is 22.4 Å². The van der Waals surface area contributed by atoms with Crippen LogP contribution in [0.1, 0.15) is 48.4 Å². The summed E-state index contributed by atoms with van der Waals surface area (Å²) in [6, 6.07) is 22.2. The third kappa shape index (κ3) is 3.12. The molecule has 2 heterocycles. The fourth-order valence-corrected chi connectivity index (χ4v) is 5.70. The van der Waals surface area contributed by atoms with Crippen LogP contribution in [0.25, 0.3) is 44.3 Å². The van der Waals surface area contributed by atoms with Gasteiger partial charge in [-0.25, -0.2) is 4.57 Å². The lowest BCUT2D eigenvalue weighted by Gasteiger charge is -2.15. The third-order valence-electron chi connectivity index (χ3n) is 7.37. The van der Waals surface area contributed by atoms with E-state index in [1.165, 1.54) is 69.1 Å². The molecule has 0 fully saturated rings. The van der Waals surface area contributed by atoms with Crippen LogP contribution in [-0.2, 0) is 19.9 Å². The molecule has 0 atom stereocenters. The van der Waals surface area contributed by atoms with Gasteiger partial charge in [-0.3, -0.25) is 0 Å². The molecule has 0 bridgehead atoms. The van der Waals surface area contributed by atoms with E-state index in [0.717, 1.165) is 11.2 Å². The van der Waals surface area contributed by atoms with Gasteiger partial charge in [-0.15, -0.1) is 0 Å². The number of hydrogen-bond donors (Lipinski definition) is 0. The third-order valence-corrected chi connectivity index (χ3v) is 7.37. The van der Waals surface area contributed by atoms with Gasteiger partial charge in [0.15, 0.2) is 6.20 Å². The zero-order valence-electron chi connectivity index (χ0n) is 19.9.